The highest BCUT2D eigenvalue weighted by molar-refractivity contribution is 5.97. The van der Waals surface area contributed by atoms with Crippen LogP contribution in [0, 0.1) is 25.2 Å². The maximum atomic E-state index is 13.4. The fourth-order valence-electron chi connectivity index (χ4n) is 3.92. The zero-order valence-corrected chi connectivity index (χ0v) is 18.4. The number of hydrogen-bond acceptors (Lipinski definition) is 6. The fraction of sp³-hybridized carbons (Fsp3) is 0.320. The highest BCUT2D eigenvalue weighted by atomic mass is 16.5. The van der Waals surface area contributed by atoms with Crippen LogP contribution >= 0.6 is 0 Å². The average Bonchev–Trinajstić information content (AvgIpc) is 3.01. The molecule has 2 aromatic carbocycles. The molecule has 1 amide bonds. The van der Waals surface area contributed by atoms with Crippen LogP contribution in [0.3, 0.4) is 0 Å². The van der Waals surface area contributed by atoms with E-state index in [2.05, 4.69) is 16.1 Å². The molecule has 4 rings (SSSR count). The van der Waals surface area contributed by atoms with Gasteiger partial charge in [-0.25, -0.2) is 0 Å². The number of para-hydroxylation sites is 1. The lowest BCUT2D eigenvalue weighted by Crippen LogP contribution is -2.35. The van der Waals surface area contributed by atoms with Crippen LogP contribution in [0.4, 0.5) is 5.69 Å². The summed E-state index contributed by atoms with van der Waals surface area (Å²) in [5, 5.41) is 13.0. The third-order valence-corrected chi connectivity index (χ3v) is 5.82. The molecule has 0 saturated carbocycles. The van der Waals surface area contributed by atoms with Crippen molar-refractivity contribution >= 4 is 11.6 Å². The summed E-state index contributed by atoms with van der Waals surface area (Å²) in [5.74, 6) is 1.26. The molecule has 1 aliphatic rings. The smallest absolute Gasteiger partial charge is 0.257 e. The van der Waals surface area contributed by atoms with Gasteiger partial charge in [-0.2, -0.15) is 5.26 Å². The number of ether oxygens (including phenoxy) is 1. The Bertz CT molecular complexity index is 1110. The topological polar surface area (TPSA) is 82.6 Å². The molecule has 0 N–H and O–H groups in total. The zero-order valence-electron chi connectivity index (χ0n) is 18.4. The van der Waals surface area contributed by atoms with Crippen molar-refractivity contribution in [3.05, 3.63) is 76.7 Å². The van der Waals surface area contributed by atoms with Crippen LogP contribution in [-0.4, -0.2) is 42.1 Å². The molecule has 0 spiro atoms. The van der Waals surface area contributed by atoms with Crippen LogP contribution in [0.1, 0.15) is 39.4 Å². The van der Waals surface area contributed by atoms with E-state index >= 15 is 0 Å². The molecular weight excluding hydrogens is 404 g/mol. The van der Waals surface area contributed by atoms with E-state index in [1.807, 2.05) is 67.3 Å². The minimum atomic E-state index is -0.0268. The van der Waals surface area contributed by atoms with Crippen molar-refractivity contribution in [1.82, 2.24) is 10.1 Å². The number of hydrogen-bond donors (Lipinski definition) is 0. The molecule has 1 aliphatic heterocycles. The van der Waals surface area contributed by atoms with Gasteiger partial charge in [-0.3, -0.25) is 4.79 Å². The summed E-state index contributed by atoms with van der Waals surface area (Å²) in [6.45, 7) is 6.94. The van der Waals surface area contributed by atoms with Crippen molar-refractivity contribution in [2.75, 3.05) is 31.1 Å². The molecule has 3 aromatic rings. The second-order valence-electron chi connectivity index (χ2n) is 7.88. The summed E-state index contributed by atoms with van der Waals surface area (Å²) in [7, 11) is 0. The van der Waals surface area contributed by atoms with E-state index < -0.39 is 0 Å². The molecule has 7 nitrogen and oxygen atoms in total. The van der Waals surface area contributed by atoms with E-state index in [-0.39, 0.29) is 5.91 Å². The molecule has 32 heavy (non-hydrogen) atoms. The molecule has 0 radical (unpaired) electrons. The maximum Gasteiger partial charge on any atom is 0.257 e. The Kier molecular flexibility index (Phi) is 6.41. The van der Waals surface area contributed by atoms with E-state index in [4.69, 9.17) is 14.5 Å². The van der Waals surface area contributed by atoms with Crippen molar-refractivity contribution in [3.8, 4) is 11.8 Å². The van der Waals surface area contributed by atoms with Gasteiger partial charge in [0.25, 0.3) is 5.91 Å². The second-order valence-corrected chi connectivity index (χ2v) is 7.88. The molecule has 1 aromatic heterocycles. The Morgan fingerprint density at radius 3 is 2.59 bits per heavy atom. The van der Waals surface area contributed by atoms with Gasteiger partial charge in [0.2, 0.25) is 0 Å². The summed E-state index contributed by atoms with van der Waals surface area (Å²) in [4.78, 5) is 17.5. The van der Waals surface area contributed by atoms with Crippen LogP contribution in [0.15, 0.2) is 53.1 Å². The Morgan fingerprint density at radius 1 is 1.09 bits per heavy atom. The second kappa shape index (κ2) is 9.56. The fourth-order valence-corrected chi connectivity index (χ4v) is 3.92. The molecule has 0 atom stereocenters. The molecule has 0 aliphatic carbocycles. The van der Waals surface area contributed by atoms with Crippen LogP contribution in [0.25, 0.3) is 0 Å². The van der Waals surface area contributed by atoms with Gasteiger partial charge < -0.3 is 19.1 Å². The van der Waals surface area contributed by atoms with Gasteiger partial charge in [-0.05, 0) is 56.7 Å². The number of aromatic nitrogens is 1. The van der Waals surface area contributed by atoms with Crippen LogP contribution < -0.4 is 9.64 Å². The predicted molar refractivity (Wildman–Crippen MR) is 121 cm³/mol. The third-order valence-electron chi connectivity index (χ3n) is 5.82. The molecule has 1 saturated heterocycles. The number of aryl methyl sites for hydroxylation is 2. The van der Waals surface area contributed by atoms with E-state index in [0.717, 1.165) is 42.2 Å². The van der Waals surface area contributed by atoms with Gasteiger partial charge in [0.05, 0.1) is 28.5 Å². The van der Waals surface area contributed by atoms with Crippen LogP contribution in [0.5, 0.6) is 5.75 Å². The van der Waals surface area contributed by atoms with E-state index in [1.165, 1.54) is 0 Å². The molecular formula is C25H26N4O3. The molecule has 0 unspecified atom stereocenters. The number of amides is 1. The Hall–Kier alpha value is -3.79. The molecule has 164 valence electrons. The minimum absolute atomic E-state index is 0.0268. The van der Waals surface area contributed by atoms with Gasteiger partial charge in [0.1, 0.15) is 18.1 Å². The molecule has 0 bridgehead atoms. The van der Waals surface area contributed by atoms with Gasteiger partial charge in [0, 0.05) is 31.9 Å². The lowest BCUT2D eigenvalue weighted by molar-refractivity contribution is 0.0762. The monoisotopic (exact) mass is 430 g/mol. The molecule has 2 heterocycles. The molecule has 1 fully saturated rings. The lowest BCUT2D eigenvalue weighted by atomic mass is 10.1. The third kappa shape index (κ3) is 4.59. The van der Waals surface area contributed by atoms with Gasteiger partial charge in [-0.15, -0.1) is 0 Å². The van der Waals surface area contributed by atoms with Crippen LogP contribution in [0.2, 0.25) is 0 Å². The quantitative estimate of drug-likeness (QED) is 0.606. The van der Waals surface area contributed by atoms with Crippen molar-refractivity contribution in [1.29, 1.82) is 5.26 Å². The highest BCUT2D eigenvalue weighted by Crippen LogP contribution is 2.24. The van der Waals surface area contributed by atoms with Crippen LogP contribution in [-0.2, 0) is 6.61 Å². The van der Waals surface area contributed by atoms with E-state index in [1.54, 1.807) is 0 Å². The van der Waals surface area contributed by atoms with Gasteiger partial charge in [-0.1, -0.05) is 17.3 Å². The summed E-state index contributed by atoms with van der Waals surface area (Å²) < 4.78 is 11.2. The average molecular weight is 431 g/mol. The summed E-state index contributed by atoms with van der Waals surface area (Å²) in [5.41, 5.74) is 3.97. The van der Waals surface area contributed by atoms with Gasteiger partial charge >= 0.3 is 0 Å². The van der Waals surface area contributed by atoms with Crippen molar-refractivity contribution in [3.63, 3.8) is 0 Å². The highest BCUT2D eigenvalue weighted by Gasteiger charge is 2.23. The first kappa shape index (κ1) is 21.4. The summed E-state index contributed by atoms with van der Waals surface area (Å²) in [6, 6.07) is 17.1. The number of benzene rings is 2. The summed E-state index contributed by atoms with van der Waals surface area (Å²) in [6.07, 6.45) is 0.869. The standard InChI is InChI=1S/C25H26N4O3/c1-18-23(19(2)32-27-18)17-31-24-7-4-3-6-22(24)25(30)29-13-5-12-28(14-15-29)21-10-8-20(16-26)9-11-21/h3-4,6-11H,5,12-15,17H2,1-2H3. The predicted octanol–water partition coefficient (Wildman–Crippen LogP) is 4.09. The van der Waals surface area contributed by atoms with Crippen molar-refractivity contribution in [2.24, 2.45) is 0 Å². The van der Waals surface area contributed by atoms with Gasteiger partial charge in [0.15, 0.2) is 0 Å². The number of nitrogens with zero attached hydrogens (tertiary/aromatic N) is 4. The van der Waals surface area contributed by atoms with E-state index in [9.17, 15) is 4.79 Å². The Morgan fingerprint density at radius 2 is 1.88 bits per heavy atom. The Balaban J connectivity index is 1.44. The first-order chi connectivity index (χ1) is 15.6. The number of nitriles is 1. The number of carbonyl (C=O) groups excluding carboxylic acids is 1. The number of carbonyl (C=O) groups is 1. The number of rotatable bonds is 5. The first-order valence-corrected chi connectivity index (χ1v) is 10.7. The van der Waals surface area contributed by atoms with Crippen molar-refractivity contribution in [2.45, 2.75) is 26.9 Å². The first-order valence-electron chi connectivity index (χ1n) is 10.7. The zero-order chi connectivity index (χ0) is 22.5. The summed E-state index contributed by atoms with van der Waals surface area (Å²) >= 11 is 0. The van der Waals surface area contributed by atoms with E-state index in [0.29, 0.717) is 36.6 Å². The normalized spacial score (nSPS) is 14.0. The minimum Gasteiger partial charge on any atom is -0.488 e. The number of anilines is 1. The SMILES string of the molecule is Cc1noc(C)c1COc1ccccc1C(=O)N1CCCN(c2ccc(C#N)cc2)CC1. The lowest BCUT2D eigenvalue weighted by Gasteiger charge is -2.24. The molecule has 7 heteroatoms. The largest absolute Gasteiger partial charge is 0.488 e. The van der Waals surface area contributed by atoms with Crippen molar-refractivity contribution < 1.29 is 14.1 Å². The Labute approximate surface area is 187 Å². The maximum absolute atomic E-state index is 13.4.